The Hall–Kier alpha value is -1.36. The number of unbranched alkanes of at least 4 members (excludes halogenated alkanes) is 2. The highest BCUT2D eigenvalue weighted by molar-refractivity contribution is 7.99. The molecule has 5 heteroatoms. The van der Waals surface area contributed by atoms with Crippen molar-refractivity contribution in [2.75, 3.05) is 5.75 Å². The number of aryl methyl sites for hydroxylation is 2. The molecule has 0 radical (unpaired) electrons. The Morgan fingerprint density at radius 3 is 2.74 bits per heavy atom. The highest BCUT2D eigenvalue weighted by atomic mass is 32.2. The van der Waals surface area contributed by atoms with Gasteiger partial charge in [-0.2, -0.15) is 4.68 Å². The predicted octanol–water partition coefficient (Wildman–Crippen LogP) is 3.56. The average molecular weight is 276 g/mol. The summed E-state index contributed by atoms with van der Waals surface area (Å²) in [5.74, 6) is 1.07. The van der Waals surface area contributed by atoms with Crippen molar-refractivity contribution in [3.63, 3.8) is 0 Å². The zero-order chi connectivity index (χ0) is 13.7. The van der Waals surface area contributed by atoms with Gasteiger partial charge in [0.2, 0.25) is 5.16 Å². The van der Waals surface area contributed by atoms with E-state index in [9.17, 15) is 0 Å². The van der Waals surface area contributed by atoms with E-state index in [1.165, 1.54) is 30.4 Å². The van der Waals surface area contributed by atoms with Gasteiger partial charge in [0.25, 0.3) is 0 Å². The minimum atomic E-state index is 0.874. The number of nitrogens with zero attached hydrogens (tertiary/aromatic N) is 4. The minimum absolute atomic E-state index is 0.874. The van der Waals surface area contributed by atoms with Crippen LogP contribution in [0.15, 0.2) is 23.4 Å². The molecular formula is C14H20N4S. The van der Waals surface area contributed by atoms with Crippen molar-refractivity contribution in [1.82, 2.24) is 20.2 Å². The van der Waals surface area contributed by atoms with E-state index in [-0.39, 0.29) is 0 Å². The van der Waals surface area contributed by atoms with Crippen LogP contribution in [0.5, 0.6) is 0 Å². The second-order valence-corrected chi connectivity index (χ2v) is 5.76. The molecule has 0 saturated heterocycles. The van der Waals surface area contributed by atoms with Crippen LogP contribution in [0.1, 0.15) is 37.3 Å². The third-order valence-corrected chi connectivity index (χ3v) is 4.16. The SMILES string of the molecule is CCCCCSc1nnnn1-c1ccc(C)c(C)c1. The van der Waals surface area contributed by atoms with Crippen LogP contribution in [-0.4, -0.2) is 26.0 Å². The lowest BCUT2D eigenvalue weighted by Gasteiger charge is -2.06. The van der Waals surface area contributed by atoms with Gasteiger partial charge in [-0.15, -0.1) is 5.10 Å². The Labute approximate surface area is 118 Å². The Morgan fingerprint density at radius 2 is 2.00 bits per heavy atom. The maximum absolute atomic E-state index is 4.11. The van der Waals surface area contributed by atoms with E-state index in [1.807, 2.05) is 4.68 Å². The molecule has 2 rings (SSSR count). The van der Waals surface area contributed by atoms with Crippen molar-refractivity contribution in [3.05, 3.63) is 29.3 Å². The number of thioether (sulfide) groups is 1. The second kappa shape index (κ2) is 6.70. The van der Waals surface area contributed by atoms with Crippen LogP contribution in [-0.2, 0) is 0 Å². The van der Waals surface area contributed by atoms with Crippen molar-refractivity contribution in [1.29, 1.82) is 0 Å². The van der Waals surface area contributed by atoms with Crippen LogP contribution in [0.2, 0.25) is 0 Å². The number of aromatic nitrogens is 4. The van der Waals surface area contributed by atoms with E-state index >= 15 is 0 Å². The summed E-state index contributed by atoms with van der Waals surface area (Å²) in [6.45, 7) is 6.43. The summed E-state index contributed by atoms with van der Waals surface area (Å²) in [6, 6.07) is 6.30. The van der Waals surface area contributed by atoms with Crippen LogP contribution in [0, 0.1) is 13.8 Å². The second-order valence-electron chi connectivity index (χ2n) is 4.70. The standard InChI is InChI=1S/C14H20N4S/c1-4-5-6-9-19-14-15-16-17-18(14)13-8-7-11(2)12(3)10-13/h7-8,10H,4-6,9H2,1-3H3. The first-order valence-electron chi connectivity index (χ1n) is 6.71. The number of rotatable bonds is 6. The largest absolute Gasteiger partial charge is 0.214 e. The monoisotopic (exact) mass is 276 g/mol. The maximum atomic E-state index is 4.11. The van der Waals surface area contributed by atoms with Crippen LogP contribution in [0.3, 0.4) is 0 Å². The molecule has 0 spiro atoms. The predicted molar refractivity (Wildman–Crippen MR) is 78.9 cm³/mol. The van der Waals surface area contributed by atoms with Crippen molar-refractivity contribution in [2.45, 2.75) is 45.2 Å². The molecule has 19 heavy (non-hydrogen) atoms. The van der Waals surface area contributed by atoms with Gasteiger partial charge < -0.3 is 0 Å². The maximum Gasteiger partial charge on any atom is 0.214 e. The fourth-order valence-electron chi connectivity index (χ4n) is 1.80. The van der Waals surface area contributed by atoms with Gasteiger partial charge in [0, 0.05) is 5.75 Å². The molecular weight excluding hydrogens is 256 g/mol. The summed E-state index contributed by atoms with van der Waals surface area (Å²) in [5.41, 5.74) is 3.58. The summed E-state index contributed by atoms with van der Waals surface area (Å²) in [4.78, 5) is 0. The van der Waals surface area contributed by atoms with Gasteiger partial charge in [-0.25, -0.2) is 0 Å². The molecule has 0 N–H and O–H groups in total. The fraction of sp³-hybridized carbons (Fsp3) is 0.500. The van der Waals surface area contributed by atoms with E-state index in [4.69, 9.17) is 0 Å². The number of hydrogen-bond donors (Lipinski definition) is 0. The molecule has 0 amide bonds. The first-order valence-corrected chi connectivity index (χ1v) is 7.69. The lowest BCUT2D eigenvalue weighted by molar-refractivity contribution is 0.750. The first kappa shape index (κ1) is 14.1. The topological polar surface area (TPSA) is 43.6 Å². The molecule has 0 aliphatic carbocycles. The van der Waals surface area contributed by atoms with Gasteiger partial charge in [-0.3, -0.25) is 0 Å². The van der Waals surface area contributed by atoms with Gasteiger partial charge >= 0.3 is 0 Å². The van der Waals surface area contributed by atoms with Crippen LogP contribution >= 0.6 is 11.8 Å². The van der Waals surface area contributed by atoms with Crippen LogP contribution in [0.25, 0.3) is 5.69 Å². The molecule has 0 saturated carbocycles. The Kier molecular flexibility index (Phi) is 4.96. The van der Waals surface area contributed by atoms with Gasteiger partial charge in [0.05, 0.1) is 5.69 Å². The van der Waals surface area contributed by atoms with Gasteiger partial charge in [0.15, 0.2) is 0 Å². The van der Waals surface area contributed by atoms with Crippen molar-refractivity contribution in [3.8, 4) is 5.69 Å². The Balaban J connectivity index is 2.12. The van der Waals surface area contributed by atoms with Crippen LogP contribution in [0.4, 0.5) is 0 Å². The van der Waals surface area contributed by atoms with Crippen molar-refractivity contribution >= 4 is 11.8 Å². The normalized spacial score (nSPS) is 10.9. The summed E-state index contributed by atoms with van der Waals surface area (Å²) >= 11 is 1.73. The zero-order valence-corrected chi connectivity index (χ0v) is 12.6. The van der Waals surface area contributed by atoms with Crippen molar-refractivity contribution < 1.29 is 0 Å². The summed E-state index contributed by atoms with van der Waals surface area (Å²) in [7, 11) is 0. The van der Waals surface area contributed by atoms with E-state index < -0.39 is 0 Å². The van der Waals surface area contributed by atoms with Crippen LogP contribution < -0.4 is 0 Å². The molecule has 0 atom stereocenters. The van der Waals surface area contributed by atoms with Gasteiger partial charge in [-0.05, 0) is 54.0 Å². The molecule has 0 unspecified atom stereocenters. The van der Waals surface area contributed by atoms with E-state index in [0.717, 1.165) is 16.6 Å². The Bertz CT molecular complexity index is 536. The van der Waals surface area contributed by atoms with Gasteiger partial charge in [-0.1, -0.05) is 37.6 Å². The zero-order valence-electron chi connectivity index (χ0n) is 11.8. The molecule has 102 valence electrons. The van der Waals surface area contributed by atoms with E-state index in [2.05, 4.69) is 54.5 Å². The molecule has 1 heterocycles. The van der Waals surface area contributed by atoms with Gasteiger partial charge in [0.1, 0.15) is 0 Å². The minimum Gasteiger partial charge on any atom is -0.188 e. The molecule has 1 aromatic carbocycles. The third kappa shape index (κ3) is 3.56. The number of hydrogen-bond acceptors (Lipinski definition) is 4. The number of tetrazole rings is 1. The summed E-state index contributed by atoms with van der Waals surface area (Å²) in [6.07, 6.45) is 3.71. The molecule has 0 bridgehead atoms. The summed E-state index contributed by atoms with van der Waals surface area (Å²) in [5, 5.41) is 12.9. The smallest absolute Gasteiger partial charge is 0.188 e. The molecule has 0 fully saturated rings. The third-order valence-electron chi connectivity index (χ3n) is 3.16. The quantitative estimate of drug-likeness (QED) is 0.597. The first-order chi connectivity index (χ1) is 9.22. The highest BCUT2D eigenvalue weighted by Crippen LogP contribution is 2.21. The van der Waals surface area contributed by atoms with E-state index in [1.54, 1.807) is 11.8 Å². The van der Waals surface area contributed by atoms with E-state index in [0.29, 0.717) is 0 Å². The fourth-order valence-corrected chi connectivity index (χ4v) is 2.69. The molecule has 1 aromatic heterocycles. The Morgan fingerprint density at radius 1 is 1.16 bits per heavy atom. The summed E-state index contributed by atoms with van der Waals surface area (Å²) < 4.78 is 1.82. The molecule has 0 aliphatic rings. The van der Waals surface area contributed by atoms with Crippen molar-refractivity contribution in [2.24, 2.45) is 0 Å². The molecule has 4 nitrogen and oxygen atoms in total. The molecule has 0 aliphatic heterocycles. The number of benzene rings is 1. The molecule has 2 aromatic rings. The average Bonchev–Trinajstić information content (AvgIpc) is 2.86. The highest BCUT2D eigenvalue weighted by Gasteiger charge is 2.09. The lowest BCUT2D eigenvalue weighted by atomic mass is 10.1. The lowest BCUT2D eigenvalue weighted by Crippen LogP contribution is -2.00.